The third-order valence-corrected chi connectivity index (χ3v) is 6.17. The van der Waals surface area contributed by atoms with Gasteiger partial charge in [0.1, 0.15) is 23.7 Å². The molecule has 0 aliphatic carbocycles. The van der Waals surface area contributed by atoms with Gasteiger partial charge in [0.15, 0.2) is 5.76 Å². The minimum Gasteiger partial charge on any atom is -0.496 e. The first-order valence-electron chi connectivity index (χ1n) is 10.7. The van der Waals surface area contributed by atoms with Crippen LogP contribution in [0.25, 0.3) is 33.5 Å². The predicted octanol–water partition coefficient (Wildman–Crippen LogP) is 6.13. The van der Waals surface area contributed by atoms with Gasteiger partial charge in [0.2, 0.25) is 5.82 Å². The van der Waals surface area contributed by atoms with Gasteiger partial charge in [-0.05, 0) is 58.4 Å². The van der Waals surface area contributed by atoms with Crippen LogP contribution in [0.1, 0.15) is 5.56 Å². The number of methoxy groups -OCH3 is 1. The lowest BCUT2D eigenvalue weighted by molar-refractivity contribution is 0.367. The largest absolute Gasteiger partial charge is 0.496 e. The van der Waals surface area contributed by atoms with Gasteiger partial charge >= 0.3 is 0 Å². The van der Waals surface area contributed by atoms with Crippen molar-refractivity contribution in [3.8, 4) is 35.4 Å². The van der Waals surface area contributed by atoms with Gasteiger partial charge in [-0.3, -0.25) is 4.79 Å². The molecular weight excluding hydrogens is 546 g/mol. The van der Waals surface area contributed by atoms with E-state index in [-0.39, 0.29) is 18.0 Å². The van der Waals surface area contributed by atoms with Crippen LogP contribution in [-0.4, -0.2) is 29.6 Å². The van der Waals surface area contributed by atoms with Crippen molar-refractivity contribution >= 4 is 55.6 Å². The van der Waals surface area contributed by atoms with E-state index < -0.39 is 0 Å². The predicted molar refractivity (Wildman–Crippen MR) is 144 cm³/mol. The Bertz CT molecular complexity index is 1750. The molecule has 7 nitrogen and oxygen atoms in total. The van der Waals surface area contributed by atoms with Crippen LogP contribution < -0.4 is 15.0 Å². The second kappa shape index (κ2) is 9.90. The van der Waals surface area contributed by atoms with Crippen LogP contribution in [0.15, 0.2) is 79.4 Å². The Labute approximate surface area is 219 Å². The molecule has 5 rings (SSSR count). The topological polar surface area (TPSA) is 78.8 Å². The van der Waals surface area contributed by atoms with Crippen LogP contribution in [0.5, 0.6) is 11.5 Å². The summed E-state index contributed by atoms with van der Waals surface area (Å²) in [5.41, 5.74) is 1.25. The van der Waals surface area contributed by atoms with Gasteiger partial charge in [-0.1, -0.05) is 35.7 Å². The zero-order valence-electron chi connectivity index (χ0n) is 18.9. The van der Waals surface area contributed by atoms with Gasteiger partial charge in [-0.25, -0.2) is 4.98 Å². The normalized spacial score (nSPS) is 11.3. The number of benzene rings is 3. The summed E-state index contributed by atoms with van der Waals surface area (Å²) in [6.45, 7) is 0.0462. The van der Waals surface area contributed by atoms with E-state index in [1.165, 1.54) is 10.9 Å². The molecule has 0 saturated heterocycles. The van der Waals surface area contributed by atoms with Crippen LogP contribution >= 0.6 is 27.5 Å². The molecule has 0 saturated carbocycles. The van der Waals surface area contributed by atoms with Crippen LogP contribution in [0, 0.1) is 12.3 Å². The average molecular weight is 563 g/mol. The van der Waals surface area contributed by atoms with Crippen molar-refractivity contribution in [1.82, 2.24) is 9.66 Å². The summed E-state index contributed by atoms with van der Waals surface area (Å²) >= 11 is 9.69. The van der Waals surface area contributed by atoms with Gasteiger partial charge in [0.25, 0.3) is 5.56 Å². The van der Waals surface area contributed by atoms with Crippen LogP contribution in [0.3, 0.4) is 0 Å². The Morgan fingerprint density at radius 2 is 2.03 bits per heavy atom. The van der Waals surface area contributed by atoms with E-state index >= 15 is 0 Å². The second-order valence-corrected chi connectivity index (χ2v) is 8.89. The number of para-hydroxylation sites is 1. The summed E-state index contributed by atoms with van der Waals surface area (Å²) < 4.78 is 19.0. The second-order valence-electron chi connectivity index (χ2n) is 7.60. The summed E-state index contributed by atoms with van der Waals surface area (Å²) in [6, 6.07) is 17.6. The van der Waals surface area contributed by atoms with E-state index in [1.54, 1.807) is 43.5 Å². The lowest BCUT2D eigenvalue weighted by atomic mass is 10.2. The number of hydrogen-bond acceptors (Lipinski definition) is 6. The van der Waals surface area contributed by atoms with Gasteiger partial charge in [0.05, 0.1) is 34.1 Å². The minimum absolute atomic E-state index is 0.0462. The van der Waals surface area contributed by atoms with E-state index in [0.29, 0.717) is 48.8 Å². The highest BCUT2D eigenvalue weighted by Crippen LogP contribution is 2.34. The van der Waals surface area contributed by atoms with E-state index in [0.717, 1.165) is 5.39 Å². The Morgan fingerprint density at radius 1 is 1.19 bits per heavy atom. The first-order valence-corrected chi connectivity index (χ1v) is 11.9. The number of halogens is 2. The van der Waals surface area contributed by atoms with Crippen LogP contribution in [0.2, 0.25) is 5.02 Å². The number of furan rings is 1. The fraction of sp³-hybridized carbons (Fsp3) is 0.0741. The molecule has 0 radical (unpaired) electrons. The summed E-state index contributed by atoms with van der Waals surface area (Å²) in [4.78, 5) is 18.2. The number of ether oxygens (including phenoxy) is 2. The molecule has 5 aromatic rings. The van der Waals surface area contributed by atoms with Crippen molar-refractivity contribution in [3.63, 3.8) is 0 Å². The number of rotatable bonds is 6. The molecule has 0 aliphatic rings. The molecule has 3 aromatic carbocycles. The molecule has 0 bridgehead atoms. The Morgan fingerprint density at radius 3 is 2.83 bits per heavy atom. The number of fused-ring (bicyclic) bond motifs is 2. The molecule has 0 unspecified atom stereocenters. The highest BCUT2D eigenvalue weighted by Gasteiger charge is 2.18. The molecule has 2 aromatic heterocycles. The van der Waals surface area contributed by atoms with Crippen molar-refractivity contribution in [2.45, 2.75) is 0 Å². The van der Waals surface area contributed by atoms with Gasteiger partial charge in [0, 0.05) is 10.6 Å². The third-order valence-electron chi connectivity index (χ3n) is 5.36. The molecule has 2 heterocycles. The smallest absolute Gasteiger partial charge is 0.282 e. The summed E-state index contributed by atoms with van der Waals surface area (Å²) in [5.74, 6) is 4.09. The molecular formula is C27H17BrClN3O4. The molecule has 0 fully saturated rings. The summed E-state index contributed by atoms with van der Waals surface area (Å²) in [6.07, 6.45) is 6.82. The Kier molecular flexibility index (Phi) is 6.51. The first kappa shape index (κ1) is 23.7. The van der Waals surface area contributed by atoms with E-state index in [9.17, 15) is 4.79 Å². The zero-order chi connectivity index (χ0) is 25.2. The van der Waals surface area contributed by atoms with E-state index in [4.69, 9.17) is 36.9 Å². The Hall–Kier alpha value is -4.06. The molecule has 0 amide bonds. The number of hydrogen-bond donors (Lipinski definition) is 0. The van der Waals surface area contributed by atoms with Crippen molar-refractivity contribution in [3.05, 3.63) is 86.1 Å². The molecule has 0 aliphatic heterocycles. The highest BCUT2D eigenvalue weighted by atomic mass is 79.9. The van der Waals surface area contributed by atoms with E-state index in [1.807, 2.05) is 24.3 Å². The summed E-state index contributed by atoms with van der Waals surface area (Å²) in [7, 11) is 1.58. The number of aromatic nitrogens is 2. The van der Waals surface area contributed by atoms with Gasteiger partial charge < -0.3 is 13.9 Å². The van der Waals surface area contributed by atoms with Crippen LogP contribution in [-0.2, 0) is 0 Å². The van der Waals surface area contributed by atoms with Gasteiger partial charge in [-0.2, -0.15) is 9.78 Å². The monoisotopic (exact) mass is 561 g/mol. The maximum atomic E-state index is 13.5. The number of nitrogens with zero attached hydrogens (tertiary/aromatic N) is 3. The van der Waals surface area contributed by atoms with E-state index in [2.05, 4.69) is 27.0 Å². The fourth-order valence-corrected chi connectivity index (χ4v) is 4.72. The molecule has 36 heavy (non-hydrogen) atoms. The zero-order valence-corrected chi connectivity index (χ0v) is 21.2. The third kappa shape index (κ3) is 4.35. The average Bonchev–Trinajstić information content (AvgIpc) is 3.32. The van der Waals surface area contributed by atoms with Crippen LogP contribution in [0.4, 0.5) is 0 Å². The Balaban J connectivity index is 1.73. The molecule has 0 spiro atoms. The van der Waals surface area contributed by atoms with Crippen molar-refractivity contribution in [2.75, 3.05) is 13.7 Å². The SMILES string of the molecule is C#CCOc1c(Br)cc(Cl)cc1C=Nn1c(-c2cc3c(OC)cccc3o2)nc2ccccc2c1=O. The molecule has 9 heteroatoms. The lowest BCUT2D eigenvalue weighted by Gasteiger charge is -2.10. The maximum Gasteiger partial charge on any atom is 0.282 e. The standard InChI is InChI=1S/C27H17BrClN3O4/c1-3-11-35-25-16(12-17(29)13-20(25)28)15-30-32-26(31-21-8-5-4-7-18(21)27(32)33)24-14-19-22(34-2)9-6-10-23(19)36-24/h1,4-10,12-15H,11H2,2H3. The maximum absolute atomic E-state index is 13.5. The highest BCUT2D eigenvalue weighted by molar-refractivity contribution is 9.10. The van der Waals surface area contributed by atoms with Crippen molar-refractivity contribution in [1.29, 1.82) is 0 Å². The first-order chi connectivity index (χ1) is 17.5. The van der Waals surface area contributed by atoms with Crippen molar-refractivity contribution < 1.29 is 13.9 Å². The quantitative estimate of drug-likeness (QED) is 0.184. The minimum atomic E-state index is -0.369. The number of terminal acetylenes is 1. The van der Waals surface area contributed by atoms with Crippen molar-refractivity contribution in [2.24, 2.45) is 5.10 Å². The molecule has 178 valence electrons. The van der Waals surface area contributed by atoms with Gasteiger partial charge in [-0.15, -0.1) is 6.42 Å². The molecule has 0 N–H and O–H groups in total. The fourth-order valence-electron chi connectivity index (χ4n) is 3.77. The summed E-state index contributed by atoms with van der Waals surface area (Å²) in [5, 5.41) is 6.08. The lowest BCUT2D eigenvalue weighted by Crippen LogP contribution is -2.20. The molecule has 0 atom stereocenters.